The standard InChI is InChI=1S/C22H23N5O/c1-14-21(15(2)28-26-14)22-24-11-9-19(25-22)20-7-4-12-27(20)13-16-5-3-6-18-17(16)8-10-23-18/h3,5-6,8-11,20,23H,4,7,12-13H2,1-2H3/t20-/m0/s1. The molecule has 0 amide bonds. The third-order valence-electron chi connectivity index (χ3n) is 5.70. The first-order valence-electron chi connectivity index (χ1n) is 9.76. The number of aromatic nitrogens is 4. The monoisotopic (exact) mass is 373 g/mol. The van der Waals surface area contributed by atoms with Crippen molar-refractivity contribution in [1.29, 1.82) is 0 Å². The van der Waals surface area contributed by atoms with Crippen molar-refractivity contribution < 1.29 is 4.52 Å². The molecule has 0 spiro atoms. The summed E-state index contributed by atoms with van der Waals surface area (Å²) in [7, 11) is 0. The van der Waals surface area contributed by atoms with Crippen molar-refractivity contribution in [3.8, 4) is 11.4 Å². The van der Waals surface area contributed by atoms with Crippen LogP contribution < -0.4 is 0 Å². The normalized spacial score (nSPS) is 17.6. The van der Waals surface area contributed by atoms with Gasteiger partial charge in [0.25, 0.3) is 0 Å². The molecule has 1 atom stereocenters. The van der Waals surface area contributed by atoms with Crippen molar-refractivity contribution in [1.82, 2.24) is 25.0 Å². The van der Waals surface area contributed by atoms with Crippen molar-refractivity contribution in [3.05, 3.63) is 65.4 Å². The van der Waals surface area contributed by atoms with E-state index < -0.39 is 0 Å². The molecule has 1 saturated heterocycles. The zero-order chi connectivity index (χ0) is 19.1. The summed E-state index contributed by atoms with van der Waals surface area (Å²) in [4.78, 5) is 15.2. The minimum atomic E-state index is 0.302. The maximum atomic E-state index is 5.31. The molecule has 0 unspecified atom stereocenters. The molecule has 1 aliphatic heterocycles. The minimum absolute atomic E-state index is 0.302. The van der Waals surface area contributed by atoms with E-state index in [-0.39, 0.29) is 0 Å². The summed E-state index contributed by atoms with van der Waals surface area (Å²) in [5, 5.41) is 5.34. The highest BCUT2D eigenvalue weighted by atomic mass is 16.5. The third-order valence-corrected chi connectivity index (χ3v) is 5.70. The van der Waals surface area contributed by atoms with Crippen LogP contribution in [0.15, 0.2) is 47.2 Å². The summed E-state index contributed by atoms with van der Waals surface area (Å²) in [6, 6.07) is 11.0. The Hall–Kier alpha value is -2.99. The number of hydrogen-bond donors (Lipinski definition) is 1. The van der Waals surface area contributed by atoms with Crippen molar-refractivity contribution in [2.45, 2.75) is 39.3 Å². The molecule has 1 fully saturated rings. The van der Waals surface area contributed by atoms with Gasteiger partial charge in [-0.05, 0) is 57.0 Å². The number of nitrogens with zero attached hydrogens (tertiary/aromatic N) is 4. The van der Waals surface area contributed by atoms with Crippen LogP contribution in [0.2, 0.25) is 0 Å². The molecule has 3 aromatic heterocycles. The van der Waals surface area contributed by atoms with Crippen molar-refractivity contribution in [3.63, 3.8) is 0 Å². The Bertz CT molecular complexity index is 1110. The van der Waals surface area contributed by atoms with E-state index in [1.807, 2.05) is 32.3 Å². The van der Waals surface area contributed by atoms with Crippen molar-refractivity contribution in [2.24, 2.45) is 0 Å². The summed E-state index contributed by atoms with van der Waals surface area (Å²) in [6.07, 6.45) is 6.16. The third kappa shape index (κ3) is 2.90. The number of fused-ring (bicyclic) bond motifs is 1. The van der Waals surface area contributed by atoms with Gasteiger partial charge in [0.05, 0.1) is 23.0 Å². The van der Waals surface area contributed by atoms with Gasteiger partial charge in [-0.25, -0.2) is 9.97 Å². The Balaban J connectivity index is 1.46. The highest BCUT2D eigenvalue weighted by Crippen LogP contribution is 2.34. The fourth-order valence-electron chi connectivity index (χ4n) is 4.34. The average molecular weight is 373 g/mol. The quantitative estimate of drug-likeness (QED) is 0.567. The number of H-pyrrole nitrogens is 1. The van der Waals surface area contributed by atoms with Crippen LogP contribution >= 0.6 is 0 Å². The lowest BCUT2D eigenvalue weighted by molar-refractivity contribution is 0.245. The molecule has 142 valence electrons. The number of aromatic amines is 1. The van der Waals surface area contributed by atoms with E-state index in [1.165, 1.54) is 22.9 Å². The van der Waals surface area contributed by atoms with Crippen LogP contribution in [0.1, 0.15) is 41.6 Å². The first-order valence-corrected chi connectivity index (χ1v) is 9.76. The van der Waals surface area contributed by atoms with E-state index in [9.17, 15) is 0 Å². The molecule has 1 aromatic carbocycles. The van der Waals surface area contributed by atoms with E-state index in [4.69, 9.17) is 9.51 Å². The smallest absolute Gasteiger partial charge is 0.164 e. The van der Waals surface area contributed by atoms with Crippen LogP contribution in [0, 0.1) is 13.8 Å². The molecule has 1 aliphatic rings. The average Bonchev–Trinajstić information content (AvgIpc) is 3.43. The molecule has 0 aliphatic carbocycles. The van der Waals surface area contributed by atoms with Crippen LogP contribution in [0.4, 0.5) is 0 Å². The molecule has 4 aromatic rings. The van der Waals surface area contributed by atoms with Crippen LogP contribution in [0.5, 0.6) is 0 Å². The van der Waals surface area contributed by atoms with Gasteiger partial charge < -0.3 is 9.51 Å². The number of nitrogens with one attached hydrogen (secondary N) is 1. The van der Waals surface area contributed by atoms with Crippen LogP contribution in [0.25, 0.3) is 22.3 Å². The molecule has 28 heavy (non-hydrogen) atoms. The molecule has 6 heteroatoms. The van der Waals surface area contributed by atoms with Gasteiger partial charge in [0, 0.05) is 29.8 Å². The van der Waals surface area contributed by atoms with Gasteiger partial charge in [0.2, 0.25) is 0 Å². The molecule has 1 N–H and O–H groups in total. The Kier molecular flexibility index (Phi) is 4.20. The molecule has 0 bridgehead atoms. The molecule has 0 saturated carbocycles. The summed E-state index contributed by atoms with van der Waals surface area (Å²) in [5.41, 5.74) is 5.35. The van der Waals surface area contributed by atoms with Gasteiger partial charge in [0.1, 0.15) is 5.76 Å². The lowest BCUT2D eigenvalue weighted by atomic mass is 10.1. The van der Waals surface area contributed by atoms with Crippen molar-refractivity contribution >= 4 is 10.9 Å². The maximum Gasteiger partial charge on any atom is 0.164 e. The summed E-state index contributed by atoms with van der Waals surface area (Å²) >= 11 is 0. The molecule has 6 nitrogen and oxygen atoms in total. The summed E-state index contributed by atoms with van der Waals surface area (Å²) in [5.74, 6) is 1.46. The molecule has 4 heterocycles. The van der Waals surface area contributed by atoms with Crippen LogP contribution in [-0.4, -0.2) is 31.6 Å². The topological polar surface area (TPSA) is 70.8 Å². The predicted molar refractivity (Wildman–Crippen MR) is 108 cm³/mol. The minimum Gasteiger partial charge on any atom is -0.361 e. The number of likely N-dealkylation sites (tertiary alicyclic amines) is 1. The van der Waals surface area contributed by atoms with Gasteiger partial charge in [0.15, 0.2) is 5.82 Å². The molecule has 5 rings (SSSR count). The lowest BCUT2D eigenvalue weighted by Crippen LogP contribution is -2.23. The summed E-state index contributed by atoms with van der Waals surface area (Å²) < 4.78 is 5.31. The second kappa shape index (κ2) is 6.87. The van der Waals surface area contributed by atoms with Gasteiger partial charge in [-0.3, -0.25) is 4.90 Å². The van der Waals surface area contributed by atoms with E-state index in [2.05, 4.69) is 44.3 Å². The van der Waals surface area contributed by atoms with E-state index in [0.29, 0.717) is 11.9 Å². The van der Waals surface area contributed by atoms with E-state index in [1.54, 1.807) is 0 Å². The highest BCUT2D eigenvalue weighted by molar-refractivity contribution is 5.82. The number of hydrogen-bond acceptors (Lipinski definition) is 5. The van der Waals surface area contributed by atoms with E-state index >= 15 is 0 Å². The maximum absolute atomic E-state index is 5.31. The molecule has 0 radical (unpaired) electrons. The predicted octanol–water partition coefficient (Wildman–Crippen LogP) is 4.57. The van der Waals surface area contributed by atoms with Gasteiger partial charge in [-0.1, -0.05) is 17.3 Å². The van der Waals surface area contributed by atoms with Crippen molar-refractivity contribution in [2.75, 3.05) is 6.54 Å². The fourth-order valence-corrected chi connectivity index (χ4v) is 4.34. The zero-order valence-electron chi connectivity index (χ0n) is 16.1. The second-order valence-corrected chi connectivity index (χ2v) is 7.49. The molecular weight excluding hydrogens is 350 g/mol. The molecular formula is C22H23N5O. The first kappa shape index (κ1) is 17.1. The number of aryl methyl sites for hydroxylation is 2. The zero-order valence-corrected chi connectivity index (χ0v) is 16.1. The van der Waals surface area contributed by atoms with Gasteiger partial charge in [-0.15, -0.1) is 0 Å². The SMILES string of the molecule is Cc1noc(C)c1-c1nccc([C@@H]2CCCN2Cc2cccc3[nH]ccc23)n1. The summed E-state index contributed by atoms with van der Waals surface area (Å²) in [6.45, 7) is 5.84. The lowest BCUT2D eigenvalue weighted by Gasteiger charge is -2.24. The largest absolute Gasteiger partial charge is 0.361 e. The highest BCUT2D eigenvalue weighted by Gasteiger charge is 2.28. The van der Waals surface area contributed by atoms with Crippen LogP contribution in [-0.2, 0) is 6.54 Å². The van der Waals surface area contributed by atoms with Crippen LogP contribution in [0.3, 0.4) is 0 Å². The van der Waals surface area contributed by atoms with E-state index in [0.717, 1.165) is 42.2 Å². The first-order chi connectivity index (χ1) is 13.7. The Labute approximate surface area is 163 Å². The van der Waals surface area contributed by atoms with Gasteiger partial charge in [-0.2, -0.15) is 0 Å². The fraction of sp³-hybridized carbons (Fsp3) is 0.318. The number of rotatable bonds is 4. The Morgan fingerprint density at radius 1 is 1.21 bits per heavy atom. The number of benzene rings is 1. The Morgan fingerprint density at radius 2 is 2.14 bits per heavy atom. The second-order valence-electron chi connectivity index (χ2n) is 7.49. The van der Waals surface area contributed by atoms with Gasteiger partial charge >= 0.3 is 0 Å². The Morgan fingerprint density at radius 3 is 3.00 bits per heavy atom.